The predicted molar refractivity (Wildman–Crippen MR) is 114 cm³/mol. The largest absolute Gasteiger partial charge is 0.352 e. The van der Waals surface area contributed by atoms with Crippen molar-refractivity contribution in [2.24, 2.45) is 5.41 Å². The molecule has 9 heteroatoms. The molecule has 0 unspecified atom stereocenters. The monoisotopic (exact) mass is 410 g/mol. The summed E-state index contributed by atoms with van der Waals surface area (Å²) in [5.74, 6) is 1.54. The van der Waals surface area contributed by atoms with Crippen LogP contribution in [-0.2, 0) is 0 Å². The van der Waals surface area contributed by atoms with Crippen molar-refractivity contribution in [2.45, 2.75) is 25.8 Å². The molecule has 3 saturated heterocycles. The van der Waals surface area contributed by atoms with Crippen molar-refractivity contribution in [1.29, 1.82) is 5.26 Å². The van der Waals surface area contributed by atoms with Gasteiger partial charge in [-0.2, -0.15) is 14.6 Å². The molecule has 0 aliphatic carbocycles. The zero-order chi connectivity index (χ0) is 20.2. The van der Waals surface area contributed by atoms with Crippen LogP contribution in [0.4, 0.5) is 16.8 Å². The first-order valence-electron chi connectivity index (χ1n) is 10.00. The summed E-state index contributed by atoms with van der Waals surface area (Å²) in [5.41, 5.74) is 2.49. The molecule has 29 heavy (non-hydrogen) atoms. The van der Waals surface area contributed by atoms with Gasteiger partial charge in [-0.15, -0.1) is 0 Å². The highest BCUT2D eigenvalue weighted by atomic mass is 32.1. The number of nitrogens with one attached hydrogen (secondary N) is 1. The Bertz CT molecular complexity index is 959. The Morgan fingerprint density at radius 1 is 1.21 bits per heavy atom. The van der Waals surface area contributed by atoms with E-state index >= 15 is 0 Å². The van der Waals surface area contributed by atoms with E-state index in [2.05, 4.69) is 42.5 Å². The van der Waals surface area contributed by atoms with E-state index in [0.29, 0.717) is 17.8 Å². The molecular weight excluding hydrogens is 384 g/mol. The van der Waals surface area contributed by atoms with Crippen LogP contribution in [0, 0.1) is 30.6 Å². The molecule has 0 atom stereocenters. The van der Waals surface area contributed by atoms with E-state index < -0.39 is 0 Å². The van der Waals surface area contributed by atoms with Crippen LogP contribution in [0.2, 0.25) is 0 Å². The molecule has 3 aliphatic heterocycles. The second-order valence-electron chi connectivity index (χ2n) is 9.10. The number of nitriles is 1. The second-order valence-corrected chi connectivity index (χ2v) is 9.91. The highest BCUT2D eigenvalue weighted by molar-refractivity contribution is 7.10. The highest BCUT2D eigenvalue weighted by Gasteiger charge is 2.59. The third-order valence-electron chi connectivity index (χ3n) is 6.42. The Labute approximate surface area is 175 Å². The minimum absolute atomic E-state index is 0.0338. The van der Waals surface area contributed by atoms with Crippen LogP contribution in [0.25, 0.3) is 0 Å². The molecule has 2 aromatic heterocycles. The molecule has 8 nitrogen and oxygen atoms in total. The Hall–Kier alpha value is -2.28. The van der Waals surface area contributed by atoms with Gasteiger partial charge in [0.1, 0.15) is 10.8 Å². The van der Waals surface area contributed by atoms with Crippen LogP contribution in [0.3, 0.4) is 0 Å². The van der Waals surface area contributed by atoms with Crippen molar-refractivity contribution in [1.82, 2.24) is 24.1 Å². The fourth-order valence-electron chi connectivity index (χ4n) is 5.13. The van der Waals surface area contributed by atoms with Crippen molar-refractivity contribution < 1.29 is 0 Å². The molecule has 0 radical (unpaired) electrons. The molecule has 0 bridgehead atoms. The second kappa shape index (κ2) is 6.62. The third kappa shape index (κ3) is 3.16. The van der Waals surface area contributed by atoms with Gasteiger partial charge in [-0.05, 0) is 38.5 Å². The van der Waals surface area contributed by atoms with E-state index in [1.807, 2.05) is 26.1 Å². The molecular formula is C20H26N8S. The van der Waals surface area contributed by atoms with Crippen molar-refractivity contribution >= 4 is 28.3 Å². The summed E-state index contributed by atoms with van der Waals surface area (Å²) in [6.07, 6.45) is 2.44. The van der Waals surface area contributed by atoms with Gasteiger partial charge in [0.25, 0.3) is 0 Å². The van der Waals surface area contributed by atoms with E-state index in [1.165, 1.54) is 24.6 Å². The number of likely N-dealkylation sites (tertiary alicyclic amines) is 2. The van der Waals surface area contributed by atoms with Crippen LogP contribution in [0.15, 0.2) is 12.3 Å². The molecule has 0 amide bonds. The minimum atomic E-state index is -0.0338. The van der Waals surface area contributed by atoms with Crippen LogP contribution in [-0.4, -0.2) is 76.0 Å². The number of aryl methyl sites for hydroxylation is 2. The molecule has 1 spiro atoms. The van der Waals surface area contributed by atoms with Gasteiger partial charge in [-0.25, -0.2) is 4.98 Å². The van der Waals surface area contributed by atoms with E-state index in [4.69, 9.17) is 4.98 Å². The van der Waals surface area contributed by atoms with Gasteiger partial charge in [0.15, 0.2) is 0 Å². The highest BCUT2D eigenvalue weighted by Crippen LogP contribution is 2.46. The Morgan fingerprint density at radius 2 is 1.97 bits per heavy atom. The normalized spacial score (nSPS) is 22.5. The molecule has 5 heterocycles. The number of hydrogen-bond donors (Lipinski definition) is 1. The molecule has 0 aromatic carbocycles. The van der Waals surface area contributed by atoms with Gasteiger partial charge in [0.2, 0.25) is 5.95 Å². The fourth-order valence-corrected chi connectivity index (χ4v) is 5.78. The first-order chi connectivity index (χ1) is 13.9. The number of nitrogens with zero attached hydrogens (tertiary/aromatic N) is 7. The average Bonchev–Trinajstić information content (AvgIpc) is 3.00. The summed E-state index contributed by atoms with van der Waals surface area (Å²) >= 11 is 1.41. The van der Waals surface area contributed by atoms with Gasteiger partial charge in [0.05, 0.1) is 23.7 Å². The molecule has 0 saturated carbocycles. The zero-order valence-electron chi connectivity index (χ0n) is 17.1. The van der Waals surface area contributed by atoms with Crippen LogP contribution in [0.5, 0.6) is 0 Å². The Morgan fingerprint density at radius 3 is 2.59 bits per heavy atom. The quantitative estimate of drug-likeness (QED) is 0.801. The number of hydrogen-bond acceptors (Lipinski definition) is 9. The Balaban J connectivity index is 1.28. The Kier molecular flexibility index (Phi) is 4.28. The zero-order valence-corrected chi connectivity index (χ0v) is 18.0. The summed E-state index contributed by atoms with van der Waals surface area (Å²) in [4.78, 5) is 16.4. The molecule has 2 aromatic rings. The number of aromatic nitrogens is 3. The SMILES string of the molecule is Cc1cc(Nc2ncc(C)c(N3CC(CC#N)(N4CC5(CN(C)C5)C4)C3)n2)sn1. The van der Waals surface area contributed by atoms with Crippen LogP contribution in [0.1, 0.15) is 17.7 Å². The molecule has 1 N–H and O–H groups in total. The molecule has 5 rings (SSSR count). The summed E-state index contributed by atoms with van der Waals surface area (Å²) in [6.45, 7) is 10.3. The van der Waals surface area contributed by atoms with Crippen molar-refractivity contribution in [2.75, 3.05) is 56.5 Å². The maximum Gasteiger partial charge on any atom is 0.229 e. The van der Waals surface area contributed by atoms with E-state index in [0.717, 1.165) is 48.3 Å². The first kappa shape index (κ1) is 18.7. The smallest absolute Gasteiger partial charge is 0.229 e. The molecule has 152 valence electrons. The van der Waals surface area contributed by atoms with Crippen molar-refractivity contribution in [3.05, 3.63) is 23.5 Å². The van der Waals surface area contributed by atoms with Gasteiger partial charge in [-0.3, -0.25) is 4.90 Å². The van der Waals surface area contributed by atoms with Crippen molar-refractivity contribution in [3.8, 4) is 6.07 Å². The van der Waals surface area contributed by atoms with E-state index in [1.54, 1.807) is 0 Å². The first-order valence-corrected chi connectivity index (χ1v) is 10.8. The predicted octanol–water partition coefficient (Wildman–Crippen LogP) is 2.01. The van der Waals surface area contributed by atoms with Gasteiger partial charge in [-0.1, -0.05) is 0 Å². The van der Waals surface area contributed by atoms with Gasteiger partial charge in [0, 0.05) is 56.4 Å². The average molecular weight is 411 g/mol. The lowest BCUT2D eigenvalue weighted by Gasteiger charge is -2.67. The van der Waals surface area contributed by atoms with E-state index in [-0.39, 0.29) is 5.54 Å². The number of anilines is 3. The topological polar surface area (TPSA) is 84.2 Å². The summed E-state index contributed by atoms with van der Waals surface area (Å²) in [7, 11) is 2.18. The van der Waals surface area contributed by atoms with Gasteiger partial charge >= 0.3 is 0 Å². The van der Waals surface area contributed by atoms with Crippen molar-refractivity contribution in [3.63, 3.8) is 0 Å². The maximum absolute atomic E-state index is 9.46. The summed E-state index contributed by atoms with van der Waals surface area (Å²) in [5, 5.41) is 13.7. The number of rotatable bonds is 5. The maximum atomic E-state index is 9.46. The standard InChI is InChI=1S/C20H26N8S/c1-14-7-22-18(23-16-6-15(2)25-29-16)24-17(14)27-12-20(13-27,4-5-21)28-10-19(11-28)8-26(3)9-19/h6-7H,4,8-13H2,1-3H3,(H,22,23,24). The van der Waals surface area contributed by atoms with E-state index in [9.17, 15) is 5.26 Å². The summed E-state index contributed by atoms with van der Waals surface area (Å²) in [6, 6.07) is 4.43. The minimum Gasteiger partial charge on any atom is -0.352 e. The molecule has 3 fully saturated rings. The molecule has 3 aliphatic rings. The lowest BCUT2D eigenvalue weighted by atomic mass is 9.68. The third-order valence-corrected chi connectivity index (χ3v) is 7.22. The fraction of sp³-hybridized carbons (Fsp3) is 0.600. The van der Waals surface area contributed by atoms with Crippen LogP contribution >= 0.6 is 11.5 Å². The lowest BCUT2D eigenvalue weighted by Crippen LogP contribution is -2.81. The summed E-state index contributed by atoms with van der Waals surface area (Å²) < 4.78 is 4.29. The van der Waals surface area contributed by atoms with Crippen LogP contribution < -0.4 is 10.2 Å². The van der Waals surface area contributed by atoms with Gasteiger partial charge < -0.3 is 15.1 Å². The lowest BCUT2D eigenvalue weighted by molar-refractivity contribution is -0.153.